The number of hydrogen-bond acceptors (Lipinski definition) is 6. The summed E-state index contributed by atoms with van der Waals surface area (Å²) in [6.45, 7) is -0.0995. The predicted molar refractivity (Wildman–Crippen MR) is 91.4 cm³/mol. The van der Waals surface area contributed by atoms with Crippen LogP contribution in [0.3, 0.4) is 0 Å². The minimum Gasteiger partial charge on any atom is -0.491 e. The summed E-state index contributed by atoms with van der Waals surface area (Å²) in [5.74, 6) is -0.483. The van der Waals surface area contributed by atoms with E-state index in [1.54, 1.807) is 12.1 Å². The topological polar surface area (TPSA) is 98.8 Å². The van der Waals surface area contributed by atoms with Gasteiger partial charge in [-0.1, -0.05) is 24.3 Å². The van der Waals surface area contributed by atoms with E-state index in [0.717, 1.165) is 17.0 Å². The van der Waals surface area contributed by atoms with E-state index in [-0.39, 0.29) is 18.8 Å². The Morgan fingerprint density at radius 3 is 2.52 bits per heavy atom. The number of carbonyl (C=O) groups excluding carboxylic acids is 2. The van der Waals surface area contributed by atoms with Crippen LogP contribution in [-0.4, -0.2) is 39.7 Å². The smallest absolute Gasteiger partial charge is 0.264 e. The fourth-order valence-electron chi connectivity index (χ4n) is 2.55. The standard InChI is InChI=1S/C17H15NO6S/c1-25(21,22)24-7-6-23-12-8-11-4-2-3-5-13(11)14(9-12)15-10-16(19)18-17(15)20/h2-5,8-10H,6-7H2,1H3,(H,18,19,20). The summed E-state index contributed by atoms with van der Waals surface area (Å²) in [7, 11) is -3.53. The first-order valence-electron chi connectivity index (χ1n) is 7.41. The first-order valence-corrected chi connectivity index (χ1v) is 9.22. The van der Waals surface area contributed by atoms with Crippen molar-refractivity contribution in [1.82, 2.24) is 5.32 Å². The summed E-state index contributed by atoms with van der Waals surface area (Å²) in [5, 5.41) is 3.85. The summed E-state index contributed by atoms with van der Waals surface area (Å²) in [6, 6.07) is 10.8. The van der Waals surface area contributed by atoms with Crippen LogP contribution in [0.15, 0.2) is 42.5 Å². The molecule has 25 heavy (non-hydrogen) atoms. The quantitative estimate of drug-likeness (QED) is 0.472. The average Bonchev–Trinajstić information content (AvgIpc) is 2.88. The third-order valence-electron chi connectivity index (χ3n) is 3.53. The number of nitrogens with one attached hydrogen (secondary N) is 1. The zero-order chi connectivity index (χ0) is 18.0. The Morgan fingerprint density at radius 1 is 1.08 bits per heavy atom. The van der Waals surface area contributed by atoms with Crippen molar-refractivity contribution in [3.05, 3.63) is 48.0 Å². The number of carbonyl (C=O) groups is 2. The molecule has 0 bridgehead atoms. The van der Waals surface area contributed by atoms with E-state index in [9.17, 15) is 18.0 Å². The van der Waals surface area contributed by atoms with Gasteiger partial charge in [-0.3, -0.25) is 19.1 Å². The van der Waals surface area contributed by atoms with Gasteiger partial charge in [0.15, 0.2) is 0 Å². The first kappa shape index (κ1) is 17.1. The monoisotopic (exact) mass is 361 g/mol. The highest BCUT2D eigenvalue weighted by molar-refractivity contribution is 7.85. The molecule has 130 valence electrons. The number of fused-ring (bicyclic) bond motifs is 1. The lowest BCUT2D eigenvalue weighted by Crippen LogP contribution is -2.21. The van der Waals surface area contributed by atoms with Gasteiger partial charge in [0.1, 0.15) is 19.0 Å². The van der Waals surface area contributed by atoms with E-state index in [2.05, 4.69) is 9.50 Å². The lowest BCUT2D eigenvalue weighted by Gasteiger charge is -2.11. The molecule has 1 heterocycles. The maximum Gasteiger partial charge on any atom is 0.264 e. The van der Waals surface area contributed by atoms with Crippen LogP contribution in [0.1, 0.15) is 5.56 Å². The Balaban J connectivity index is 1.92. The fraction of sp³-hybridized carbons (Fsp3) is 0.176. The van der Waals surface area contributed by atoms with Crippen molar-refractivity contribution < 1.29 is 26.9 Å². The highest BCUT2D eigenvalue weighted by atomic mass is 32.2. The lowest BCUT2D eigenvalue weighted by atomic mass is 9.98. The molecule has 0 unspecified atom stereocenters. The van der Waals surface area contributed by atoms with Gasteiger partial charge in [-0.25, -0.2) is 0 Å². The highest BCUT2D eigenvalue weighted by Crippen LogP contribution is 2.31. The van der Waals surface area contributed by atoms with Gasteiger partial charge in [0.25, 0.3) is 21.9 Å². The van der Waals surface area contributed by atoms with E-state index in [0.29, 0.717) is 11.3 Å². The molecular formula is C17H15NO6S. The van der Waals surface area contributed by atoms with Crippen LogP contribution >= 0.6 is 0 Å². The van der Waals surface area contributed by atoms with E-state index in [1.807, 2.05) is 24.3 Å². The predicted octanol–water partition coefficient (Wildman–Crippen LogP) is 1.23. The fourth-order valence-corrected chi connectivity index (χ4v) is 2.92. The third kappa shape index (κ3) is 4.04. The molecule has 0 radical (unpaired) electrons. The zero-order valence-corrected chi connectivity index (χ0v) is 14.1. The number of rotatable bonds is 6. The van der Waals surface area contributed by atoms with E-state index in [4.69, 9.17) is 4.74 Å². The second kappa shape index (κ2) is 6.66. The molecule has 1 aliphatic rings. The molecule has 2 aromatic carbocycles. The van der Waals surface area contributed by atoms with E-state index < -0.39 is 21.9 Å². The van der Waals surface area contributed by atoms with Crippen LogP contribution in [0.4, 0.5) is 0 Å². The molecule has 0 aromatic heterocycles. The Hall–Kier alpha value is -2.71. The molecule has 2 aromatic rings. The number of imide groups is 1. The van der Waals surface area contributed by atoms with Crippen LogP contribution in [0.5, 0.6) is 5.75 Å². The average molecular weight is 361 g/mol. The van der Waals surface area contributed by atoms with Gasteiger partial charge in [0.05, 0.1) is 11.8 Å². The van der Waals surface area contributed by atoms with Crippen LogP contribution in [-0.2, 0) is 23.9 Å². The second-order valence-electron chi connectivity index (χ2n) is 5.44. The maximum absolute atomic E-state index is 12.0. The van der Waals surface area contributed by atoms with E-state index >= 15 is 0 Å². The van der Waals surface area contributed by atoms with Crippen LogP contribution in [0.25, 0.3) is 16.3 Å². The molecular weight excluding hydrogens is 346 g/mol. The highest BCUT2D eigenvalue weighted by Gasteiger charge is 2.24. The SMILES string of the molecule is CS(=O)(=O)OCCOc1cc(C2=CC(=O)NC2=O)c2ccccc2c1. The Bertz CT molecular complexity index is 993. The van der Waals surface area contributed by atoms with Crippen molar-refractivity contribution >= 4 is 38.3 Å². The molecule has 3 rings (SSSR count). The summed E-state index contributed by atoms with van der Waals surface area (Å²) >= 11 is 0. The molecule has 0 fully saturated rings. The Labute approximate surface area is 144 Å². The molecule has 0 spiro atoms. The molecule has 8 heteroatoms. The van der Waals surface area contributed by atoms with Gasteiger partial charge >= 0.3 is 0 Å². The summed E-state index contributed by atoms with van der Waals surface area (Å²) in [6.07, 6.45) is 2.21. The second-order valence-corrected chi connectivity index (χ2v) is 7.09. The van der Waals surface area contributed by atoms with Gasteiger partial charge in [-0.05, 0) is 28.5 Å². The van der Waals surface area contributed by atoms with Crippen molar-refractivity contribution in [1.29, 1.82) is 0 Å². The van der Waals surface area contributed by atoms with Crippen molar-refractivity contribution in [3.63, 3.8) is 0 Å². The number of benzene rings is 2. The summed E-state index contributed by atoms with van der Waals surface area (Å²) in [4.78, 5) is 23.4. The Morgan fingerprint density at radius 2 is 1.84 bits per heavy atom. The van der Waals surface area contributed by atoms with Crippen molar-refractivity contribution in [3.8, 4) is 5.75 Å². The number of amides is 2. The van der Waals surface area contributed by atoms with E-state index in [1.165, 1.54) is 6.08 Å². The summed E-state index contributed by atoms with van der Waals surface area (Å²) in [5.41, 5.74) is 0.833. The molecule has 1 N–H and O–H groups in total. The van der Waals surface area contributed by atoms with Crippen LogP contribution in [0.2, 0.25) is 0 Å². The molecule has 0 saturated heterocycles. The molecule has 0 aliphatic carbocycles. The van der Waals surface area contributed by atoms with Crippen LogP contribution < -0.4 is 10.1 Å². The van der Waals surface area contributed by atoms with Crippen LogP contribution in [0, 0.1) is 0 Å². The molecule has 0 atom stereocenters. The molecule has 2 amide bonds. The van der Waals surface area contributed by atoms with Crippen molar-refractivity contribution in [2.24, 2.45) is 0 Å². The zero-order valence-electron chi connectivity index (χ0n) is 13.3. The molecule has 1 aliphatic heterocycles. The molecule has 7 nitrogen and oxygen atoms in total. The normalized spacial score (nSPS) is 14.5. The minimum atomic E-state index is -3.53. The first-order chi connectivity index (χ1) is 11.8. The summed E-state index contributed by atoms with van der Waals surface area (Å²) < 4.78 is 32.1. The minimum absolute atomic E-state index is 0.0228. The largest absolute Gasteiger partial charge is 0.491 e. The third-order valence-corrected chi connectivity index (χ3v) is 4.13. The van der Waals surface area contributed by atoms with Gasteiger partial charge in [0, 0.05) is 6.08 Å². The number of ether oxygens (including phenoxy) is 1. The van der Waals surface area contributed by atoms with Crippen molar-refractivity contribution in [2.45, 2.75) is 0 Å². The Kier molecular flexibility index (Phi) is 4.56. The van der Waals surface area contributed by atoms with Gasteiger partial charge in [0.2, 0.25) is 0 Å². The molecule has 0 saturated carbocycles. The van der Waals surface area contributed by atoms with Crippen molar-refractivity contribution in [2.75, 3.05) is 19.5 Å². The van der Waals surface area contributed by atoms with Gasteiger partial charge < -0.3 is 4.74 Å². The number of hydrogen-bond donors (Lipinski definition) is 1. The maximum atomic E-state index is 12.0. The lowest BCUT2D eigenvalue weighted by molar-refractivity contribution is -0.123. The van der Waals surface area contributed by atoms with Gasteiger partial charge in [-0.15, -0.1) is 0 Å². The van der Waals surface area contributed by atoms with Gasteiger partial charge in [-0.2, -0.15) is 8.42 Å².